The molecule has 0 aromatic heterocycles. The van der Waals surface area contributed by atoms with Gasteiger partial charge in [0.2, 0.25) is 5.91 Å². The maximum Gasteiger partial charge on any atom is 0.339 e. The zero-order valence-electron chi connectivity index (χ0n) is 35.8. The third kappa shape index (κ3) is 6.82. The molecule has 5 fully saturated rings. The smallest absolute Gasteiger partial charge is 0.339 e. The lowest BCUT2D eigenvalue weighted by atomic mass is 9.33. The Labute approximate surface area is 332 Å². The minimum Gasteiger partial charge on any atom is -0.459 e. The zero-order chi connectivity index (χ0) is 39.6. The minimum atomic E-state index is -0.493. The summed E-state index contributed by atoms with van der Waals surface area (Å²) in [5, 5.41) is 3.52. The van der Waals surface area contributed by atoms with E-state index in [9.17, 15) is 14.4 Å². The van der Waals surface area contributed by atoms with Gasteiger partial charge in [0, 0.05) is 18.5 Å². The Morgan fingerprint density at radius 1 is 0.818 bits per heavy atom. The van der Waals surface area contributed by atoms with Crippen molar-refractivity contribution in [1.29, 1.82) is 0 Å². The number of nitrogens with zero attached hydrogens (tertiary/aromatic N) is 1. The number of carbonyl (C=O) groups excluding carboxylic acids is 3. The molecular weight excluding hydrogens is 685 g/mol. The molecule has 1 aromatic carbocycles. The predicted molar refractivity (Wildman–Crippen MR) is 219 cm³/mol. The predicted octanol–water partition coefficient (Wildman–Crippen LogP) is 10.2. The van der Waals surface area contributed by atoms with E-state index in [0.29, 0.717) is 23.7 Å². The number of amides is 1. The molecule has 8 atom stereocenters. The molecule has 7 heteroatoms. The molecule has 7 rings (SSSR count). The lowest BCUT2D eigenvalue weighted by Gasteiger charge is -2.71. The average Bonchev–Trinajstić information content (AvgIpc) is 3.13. The molecule has 1 amide bonds. The highest BCUT2D eigenvalue weighted by Crippen LogP contribution is 2.76. The number of nitrogens with one attached hydrogen (secondary N) is 1. The Morgan fingerprint density at radius 3 is 2.18 bits per heavy atom. The van der Waals surface area contributed by atoms with Crippen LogP contribution in [0.5, 0.6) is 0 Å². The van der Waals surface area contributed by atoms with Gasteiger partial charge in [0.25, 0.3) is 0 Å². The van der Waals surface area contributed by atoms with Crippen molar-refractivity contribution in [1.82, 2.24) is 10.2 Å². The summed E-state index contributed by atoms with van der Waals surface area (Å²) < 4.78 is 11.9. The van der Waals surface area contributed by atoms with E-state index in [-0.39, 0.29) is 55.8 Å². The Hall–Kier alpha value is -2.67. The van der Waals surface area contributed by atoms with Crippen LogP contribution in [0.15, 0.2) is 35.9 Å². The van der Waals surface area contributed by atoms with Gasteiger partial charge >= 0.3 is 11.9 Å². The van der Waals surface area contributed by atoms with Gasteiger partial charge in [-0.05, 0) is 156 Å². The first-order valence-corrected chi connectivity index (χ1v) is 22.1. The number of ether oxygens (including phenoxy) is 2. The van der Waals surface area contributed by atoms with Crippen molar-refractivity contribution in [2.24, 2.45) is 50.2 Å². The van der Waals surface area contributed by atoms with Crippen LogP contribution in [0.25, 0.3) is 0 Å². The number of hydrogen-bond donors (Lipinski definition) is 1. The van der Waals surface area contributed by atoms with E-state index in [1.165, 1.54) is 19.3 Å². The first kappa shape index (κ1) is 40.5. The van der Waals surface area contributed by atoms with Crippen LogP contribution < -0.4 is 5.32 Å². The fraction of sp³-hybridized carbons (Fsp3) is 0.771. The van der Waals surface area contributed by atoms with Gasteiger partial charge in [-0.1, -0.05) is 78.7 Å². The van der Waals surface area contributed by atoms with Crippen LogP contribution in [0.2, 0.25) is 0 Å². The maximum absolute atomic E-state index is 14.5. The topological polar surface area (TPSA) is 84.9 Å². The summed E-state index contributed by atoms with van der Waals surface area (Å²) in [5.74, 6) is 0.593. The summed E-state index contributed by atoms with van der Waals surface area (Å²) >= 11 is 0. The molecule has 1 saturated heterocycles. The maximum atomic E-state index is 14.5. The molecule has 304 valence electrons. The number of fused-ring (bicyclic) bond motifs is 7. The molecule has 5 aliphatic carbocycles. The van der Waals surface area contributed by atoms with E-state index in [1.54, 1.807) is 29.8 Å². The van der Waals surface area contributed by atoms with Crippen molar-refractivity contribution >= 4 is 17.8 Å². The molecule has 7 nitrogen and oxygen atoms in total. The van der Waals surface area contributed by atoms with Gasteiger partial charge in [0.1, 0.15) is 6.10 Å². The fourth-order valence-electron chi connectivity index (χ4n) is 13.8. The van der Waals surface area contributed by atoms with Gasteiger partial charge in [0.15, 0.2) is 0 Å². The SMILES string of the molecule is CC(C)OC(=O)c1ccccc1C(=O)O[C@H]1CC[C@]2(C)[C@H]3CC=C4[C@@H]5CC(C)(C)CC[C@]5(C(=O)NCCN5CCCCC5)CC[C@@]4(C)[C@]3(C)CC[C@H]2C1(C)C. The molecule has 6 aliphatic rings. The molecule has 1 aliphatic heterocycles. The minimum absolute atomic E-state index is 0.0430. The average molecular weight is 757 g/mol. The highest BCUT2D eigenvalue weighted by atomic mass is 16.6. The van der Waals surface area contributed by atoms with Gasteiger partial charge in [-0.25, -0.2) is 9.59 Å². The Morgan fingerprint density at radius 2 is 1.49 bits per heavy atom. The van der Waals surface area contributed by atoms with E-state index in [2.05, 4.69) is 64.8 Å². The first-order valence-electron chi connectivity index (χ1n) is 22.1. The van der Waals surface area contributed by atoms with Crippen molar-refractivity contribution in [3.8, 4) is 0 Å². The molecule has 1 heterocycles. The number of allylic oxidation sites excluding steroid dienone is 2. The molecule has 55 heavy (non-hydrogen) atoms. The van der Waals surface area contributed by atoms with Crippen LogP contribution in [0.1, 0.15) is 167 Å². The van der Waals surface area contributed by atoms with Gasteiger partial charge < -0.3 is 19.7 Å². The monoisotopic (exact) mass is 757 g/mol. The standard InChI is InChI=1S/C48H72N2O5/c1-32(2)54-40(51)33-15-11-12-16-34(33)41(52)55-39-20-21-45(7)37(44(39,5)6)19-22-47(9)38(45)18-17-35-36-31-43(3,4)23-25-48(36,26-24-46(35,47)8)42(53)49-27-30-50-28-13-10-14-29-50/h11-12,15-17,32,36-39H,10,13-14,18-31H2,1-9H3,(H,49,53)/t36-,37-,38+,39-,45-,46+,47+,48-/m0/s1. The van der Waals surface area contributed by atoms with Gasteiger partial charge in [-0.2, -0.15) is 0 Å². The van der Waals surface area contributed by atoms with E-state index in [0.717, 1.165) is 90.4 Å². The molecule has 0 unspecified atom stereocenters. The molecule has 4 saturated carbocycles. The van der Waals surface area contributed by atoms with Crippen LogP contribution in [0.4, 0.5) is 0 Å². The van der Waals surface area contributed by atoms with Crippen molar-refractivity contribution in [2.75, 3.05) is 26.2 Å². The fourth-order valence-corrected chi connectivity index (χ4v) is 13.8. The van der Waals surface area contributed by atoms with Crippen LogP contribution in [0, 0.1) is 50.2 Å². The third-order valence-corrected chi connectivity index (χ3v) is 17.1. The number of rotatable bonds is 8. The molecule has 0 bridgehead atoms. The highest BCUT2D eigenvalue weighted by molar-refractivity contribution is 6.03. The lowest BCUT2D eigenvalue weighted by molar-refractivity contribution is -0.204. The van der Waals surface area contributed by atoms with E-state index in [4.69, 9.17) is 9.47 Å². The number of carbonyl (C=O) groups is 3. The first-order chi connectivity index (χ1) is 25.9. The molecule has 0 spiro atoms. The summed E-state index contributed by atoms with van der Waals surface area (Å²) in [6.45, 7) is 25.0. The summed E-state index contributed by atoms with van der Waals surface area (Å²) in [6.07, 6.45) is 16.4. The Balaban J connectivity index is 1.12. The van der Waals surface area contributed by atoms with Crippen molar-refractivity contribution in [3.05, 3.63) is 47.0 Å². The molecular formula is C48H72N2O5. The second-order valence-corrected chi connectivity index (χ2v) is 21.3. The third-order valence-electron chi connectivity index (χ3n) is 17.1. The van der Waals surface area contributed by atoms with Gasteiger partial charge in [-0.3, -0.25) is 4.79 Å². The Kier molecular flexibility index (Phi) is 10.8. The lowest BCUT2D eigenvalue weighted by Crippen LogP contribution is -2.65. The molecule has 0 radical (unpaired) electrons. The van der Waals surface area contributed by atoms with Crippen LogP contribution in [-0.2, 0) is 14.3 Å². The summed E-state index contributed by atoms with van der Waals surface area (Å²) in [6, 6.07) is 6.89. The van der Waals surface area contributed by atoms with Gasteiger partial charge in [-0.15, -0.1) is 0 Å². The molecule has 1 aromatic rings. The van der Waals surface area contributed by atoms with Crippen molar-refractivity contribution < 1.29 is 23.9 Å². The zero-order valence-corrected chi connectivity index (χ0v) is 35.8. The summed E-state index contributed by atoms with van der Waals surface area (Å²) in [4.78, 5) is 43.8. The van der Waals surface area contributed by atoms with E-state index in [1.807, 2.05) is 13.8 Å². The van der Waals surface area contributed by atoms with Crippen LogP contribution in [0.3, 0.4) is 0 Å². The number of benzene rings is 1. The summed E-state index contributed by atoms with van der Waals surface area (Å²) in [7, 11) is 0. The second kappa shape index (κ2) is 14.6. The number of hydrogen-bond acceptors (Lipinski definition) is 6. The number of esters is 2. The summed E-state index contributed by atoms with van der Waals surface area (Å²) in [5.41, 5.74) is 2.09. The largest absolute Gasteiger partial charge is 0.459 e. The van der Waals surface area contributed by atoms with Crippen molar-refractivity contribution in [3.63, 3.8) is 0 Å². The van der Waals surface area contributed by atoms with Crippen LogP contribution in [-0.4, -0.2) is 61.1 Å². The number of piperidine rings is 1. The normalized spacial score (nSPS) is 38.0. The van der Waals surface area contributed by atoms with Gasteiger partial charge in [0.05, 0.1) is 22.6 Å². The second-order valence-electron chi connectivity index (χ2n) is 21.3. The molecule has 1 N–H and O–H groups in total. The van der Waals surface area contributed by atoms with Crippen LogP contribution >= 0.6 is 0 Å². The number of likely N-dealkylation sites (tertiary alicyclic amines) is 1. The van der Waals surface area contributed by atoms with E-state index >= 15 is 0 Å². The Bertz CT molecular complexity index is 1670. The van der Waals surface area contributed by atoms with Crippen molar-refractivity contribution in [2.45, 2.75) is 158 Å². The quantitative estimate of drug-likeness (QED) is 0.210. The highest BCUT2D eigenvalue weighted by Gasteiger charge is 2.69. The van der Waals surface area contributed by atoms with E-state index < -0.39 is 11.9 Å².